The normalized spacial score (nSPS) is 28.0. The van der Waals surface area contributed by atoms with Gasteiger partial charge in [-0.05, 0) is 79.5 Å². The second kappa shape index (κ2) is 11.3. The maximum Gasteiger partial charge on any atom is 0.209 e. The number of rotatable bonds is 8. The van der Waals surface area contributed by atoms with E-state index in [0.29, 0.717) is 17.5 Å². The van der Waals surface area contributed by atoms with E-state index in [4.69, 9.17) is 0 Å². The highest BCUT2D eigenvalue weighted by molar-refractivity contribution is 6.25. The van der Waals surface area contributed by atoms with Crippen LogP contribution in [0.1, 0.15) is 106 Å². The van der Waals surface area contributed by atoms with Crippen molar-refractivity contribution in [1.29, 1.82) is 0 Å². The molecule has 0 fully saturated rings. The number of Topliss-reactive ketones (excluding diaryl/α,β-unsaturated/α-hetero) is 3. The van der Waals surface area contributed by atoms with E-state index in [9.17, 15) is 34.8 Å². The molecule has 0 aliphatic heterocycles. The lowest BCUT2D eigenvalue weighted by Gasteiger charge is -2.59. The zero-order chi connectivity index (χ0) is 33.2. The van der Waals surface area contributed by atoms with Gasteiger partial charge in [0.15, 0.2) is 17.2 Å². The molecule has 4 atom stereocenters. The lowest BCUT2D eigenvalue weighted by Crippen LogP contribution is -2.67. The molecule has 2 aromatic rings. The number of aromatic hydroxyl groups is 1. The highest BCUT2D eigenvalue weighted by Gasteiger charge is 2.71. The molecule has 0 heterocycles. The number of fused-ring (bicyclic) bond motifs is 3. The lowest BCUT2D eigenvalue weighted by molar-refractivity contribution is -0.171. The van der Waals surface area contributed by atoms with E-state index in [1.54, 1.807) is 6.92 Å². The number of aliphatic hydroxyl groups excluding tert-OH is 2. The van der Waals surface area contributed by atoms with Crippen LogP contribution in [0.3, 0.4) is 0 Å². The van der Waals surface area contributed by atoms with Crippen molar-refractivity contribution in [3.63, 3.8) is 0 Å². The minimum absolute atomic E-state index is 0.0406. The van der Waals surface area contributed by atoms with Gasteiger partial charge in [-0.1, -0.05) is 77.9 Å². The van der Waals surface area contributed by atoms with Crippen LogP contribution in [0.2, 0.25) is 0 Å². The summed E-state index contributed by atoms with van der Waals surface area (Å²) in [5, 5.41) is 47.2. The highest BCUT2D eigenvalue weighted by Crippen LogP contribution is 2.65. The number of unbranched alkanes of at least 4 members (excludes halogenated alkanes) is 1. The Morgan fingerprint density at radius 3 is 2.18 bits per heavy atom. The molecule has 4 N–H and O–H groups in total. The average Bonchev–Trinajstić information content (AvgIpc) is 2.94. The molecule has 45 heavy (non-hydrogen) atoms. The molecule has 0 aromatic heterocycles. The van der Waals surface area contributed by atoms with Gasteiger partial charge in [-0.3, -0.25) is 14.4 Å². The molecular weight excluding hydrogens is 568 g/mol. The Hall–Kier alpha value is -3.71. The van der Waals surface area contributed by atoms with Crippen molar-refractivity contribution < 1.29 is 34.8 Å². The summed E-state index contributed by atoms with van der Waals surface area (Å²) >= 11 is 0. The zero-order valence-electron chi connectivity index (χ0n) is 27.5. The van der Waals surface area contributed by atoms with Crippen molar-refractivity contribution in [3.8, 4) is 5.75 Å². The first-order chi connectivity index (χ1) is 21.0. The Morgan fingerprint density at radius 2 is 1.60 bits per heavy atom. The fourth-order valence-electron chi connectivity index (χ4n) is 8.88. The first-order valence-corrected chi connectivity index (χ1v) is 16.1. The van der Waals surface area contributed by atoms with E-state index in [1.165, 1.54) is 5.56 Å². The number of aliphatic hydroxyl groups is 3. The molecular formula is C38H46O7. The molecule has 7 nitrogen and oxygen atoms in total. The van der Waals surface area contributed by atoms with Crippen LogP contribution in [0, 0.1) is 22.7 Å². The average molecular weight is 615 g/mol. The van der Waals surface area contributed by atoms with Gasteiger partial charge >= 0.3 is 0 Å². The first kappa shape index (κ1) is 32.7. The van der Waals surface area contributed by atoms with Gasteiger partial charge in [0.2, 0.25) is 5.78 Å². The van der Waals surface area contributed by atoms with Crippen LogP contribution in [0.15, 0.2) is 59.1 Å². The largest absolute Gasteiger partial charge is 0.511 e. The second-order valence-electron chi connectivity index (χ2n) is 14.6. The molecule has 5 rings (SSSR count). The monoisotopic (exact) mass is 614 g/mol. The number of carbonyl (C=O) groups is 3. The quantitative estimate of drug-likeness (QED) is 0.185. The maximum atomic E-state index is 14.5. The van der Waals surface area contributed by atoms with Crippen molar-refractivity contribution in [2.24, 2.45) is 22.7 Å². The zero-order valence-corrected chi connectivity index (χ0v) is 27.5. The topological polar surface area (TPSA) is 132 Å². The van der Waals surface area contributed by atoms with Crippen LogP contribution in [0.4, 0.5) is 0 Å². The molecule has 3 aliphatic rings. The molecule has 2 aromatic carbocycles. The Morgan fingerprint density at radius 1 is 0.978 bits per heavy atom. The standard InChI is InChI=1S/C38H46O7/c1-20(2)25-17-24(16-12-11-15-23-13-9-8-10-14-23)31(40)28-26(25)18-36(6)19-37(7)29(21(3)4)32(41)27(22(5)39)34(43)38(37,45)35(44)30(36)33(28)42/h8-10,13-14,17,20-21,29,40-41,44-45H,11-12,15-16,18-19H2,1-7H3/t29?,36-,37-,38+/m1/s1. The van der Waals surface area contributed by atoms with Crippen molar-refractivity contribution in [2.45, 2.75) is 98.5 Å². The smallest absolute Gasteiger partial charge is 0.209 e. The number of benzene rings is 2. The number of phenols is 1. The summed E-state index contributed by atoms with van der Waals surface area (Å²) in [6.07, 6.45) is 3.53. The third-order valence-corrected chi connectivity index (χ3v) is 10.7. The number of phenolic OH excluding ortho intramolecular Hbond substituents is 1. The molecule has 0 amide bonds. The van der Waals surface area contributed by atoms with E-state index < -0.39 is 51.0 Å². The summed E-state index contributed by atoms with van der Waals surface area (Å²) in [5.74, 6) is -4.84. The molecule has 0 saturated carbocycles. The SMILES string of the molecule is CC(=O)C1=C(O)C(C(C)C)[C@@]2(C)C[C@@]3(C)Cc4c(C(C)C)cc(CCCCc5ccccc5)c(O)c4C(=O)C3=C(O)[C@@]2(O)C1=O. The molecule has 0 saturated heterocycles. The predicted molar refractivity (Wildman–Crippen MR) is 172 cm³/mol. The fraction of sp³-hybridized carbons (Fsp3) is 0.500. The van der Waals surface area contributed by atoms with Crippen molar-refractivity contribution in [1.82, 2.24) is 0 Å². The summed E-state index contributed by atoms with van der Waals surface area (Å²) in [6, 6.07) is 12.2. The van der Waals surface area contributed by atoms with E-state index in [1.807, 2.05) is 58.9 Å². The summed E-state index contributed by atoms with van der Waals surface area (Å²) in [5.41, 5.74) is -2.06. The van der Waals surface area contributed by atoms with Crippen LogP contribution in [-0.2, 0) is 28.9 Å². The van der Waals surface area contributed by atoms with E-state index >= 15 is 0 Å². The first-order valence-electron chi connectivity index (χ1n) is 16.1. The predicted octanol–water partition coefficient (Wildman–Crippen LogP) is 7.04. The minimum Gasteiger partial charge on any atom is -0.511 e. The minimum atomic E-state index is -2.61. The third-order valence-electron chi connectivity index (χ3n) is 10.7. The van der Waals surface area contributed by atoms with Gasteiger partial charge in [0.05, 0.1) is 5.56 Å². The van der Waals surface area contributed by atoms with E-state index in [0.717, 1.165) is 31.7 Å². The van der Waals surface area contributed by atoms with Crippen LogP contribution >= 0.6 is 0 Å². The second-order valence-corrected chi connectivity index (χ2v) is 14.6. The van der Waals surface area contributed by atoms with Crippen LogP contribution in [0.25, 0.3) is 0 Å². The summed E-state index contributed by atoms with van der Waals surface area (Å²) in [7, 11) is 0. The van der Waals surface area contributed by atoms with Crippen LogP contribution in [-0.4, -0.2) is 43.4 Å². The number of carbonyl (C=O) groups excluding carboxylic acids is 3. The summed E-state index contributed by atoms with van der Waals surface area (Å²) < 4.78 is 0. The number of allylic oxidation sites excluding steroid dienone is 2. The molecule has 0 radical (unpaired) electrons. The van der Waals surface area contributed by atoms with Crippen molar-refractivity contribution in [2.75, 3.05) is 0 Å². The Kier molecular flexibility index (Phi) is 8.18. The molecule has 1 unspecified atom stereocenters. The van der Waals surface area contributed by atoms with Gasteiger partial charge in [0.25, 0.3) is 0 Å². The summed E-state index contributed by atoms with van der Waals surface area (Å²) in [4.78, 5) is 41.1. The van der Waals surface area contributed by atoms with Gasteiger partial charge < -0.3 is 20.4 Å². The van der Waals surface area contributed by atoms with Gasteiger partial charge in [-0.25, -0.2) is 0 Å². The van der Waals surface area contributed by atoms with Crippen LogP contribution < -0.4 is 0 Å². The maximum absolute atomic E-state index is 14.5. The van der Waals surface area contributed by atoms with Gasteiger partial charge in [-0.15, -0.1) is 0 Å². The fourth-order valence-corrected chi connectivity index (χ4v) is 8.88. The van der Waals surface area contributed by atoms with Crippen molar-refractivity contribution >= 4 is 17.3 Å². The number of aryl methyl sites for hydroxylation is 2. The Bertz CT molecular complexity index is 1650. The molecule has 7 heteroatoms. The van der Waals surface area contributed by atoms with Gasteiger partial charge in [-0.2, -0.15) is 0 Å². The van der Waals surface area contributed by atoms with E-state index in [2.05, 4.69) is 12.1 Å². The number of hydrogen-bond donors (Lipinski definition) is 4. The van der Waals surface area contributed by atoms with Crippen molar-refractivity contribution in [3.05, 3.63) is 86.9 Å². The molecule has 0 bridgehead atoms. The van der Waals surface area contributed by atoms with Gasteiger partial charge in [0, 0.05) is 22.3 Å². The molecule has 0 spiro atoms. The lowest BCUT2D eigenvalue weighted by atomic mass is 9.44. The molecule has 240 valence electrons. The van der Waals surface area contributed by atoms with Gasteiger partial charge in [0.1, 0.15) is 22.8 Å². The number of hydrogen-bond acceptors (Lipinski definition) is 7. The summed E-state index contributed by atoms with van der Waals surface area (Å²) in [6.45, 7) is 12.4. The Balaban J connectivity index is 1.64. The van der Waals surface area contributed by atoms with E-state index in [-0.39, 0.29) is 47.3 Å². The third kappa shape index (κ3) is 4.77. The number of ketones is 3. The Labute approximate surface area is 265 Å². The molecule has 3 aliphatic carbocycles. The highest BCUT2D eigenvalue weighted by atomic mass is 16.3. The van der Waals surface area contributed by atoms with Crippen LogP contribution in [0.5, 0.6) is 5.75 Å².